The van der Waals surface area contributed by atoms with Crippen LogP contribution in [0.3, 0.4) is 0 Å². The highest BCUT2D eigenvalue weighted by Gasteiger charge is 2.12. The van der Waals surface area contributed by atoms with E-state index in [0.29, 0.717) is 11.5 Å². The summed E-state index contributed by atoms with van der Waals surface area (Å²) in [7, 11) is 1.97. The Hall–Kier alpha value is -2.63. The molecule has 0 bridgehead atoms. The molecule has 1 aromatic heterocycles. The van der Waals surface area contributed by atoms with Crippen LogP contribution in [-0.4, -0.2) is 42.6 Å². The van der Waals surface area contributed by atoms with Gasteiger partial charge in [0.2, 0.25) is 5.95 Å². The molecule has 2 heterocycles. The number of carbonyl (C=O) groups excluding carboxylic acids is 1. The standard InChI is InChI=1S/C21H29N5O/c1-3-4-12-25(2)21-22-15-17(16-23-21)20(27)24-18-8-10-19(11-9-18)26-13-6-5-7-14-26/h8-11,15-16H,3-7,12-14H2,1-2H3,(H,24,27). The Morgan fingerprint density at radius 3 is 2.41 bits per heavy atom. The summed E-state index contributed by atoms with van der Waals surface area (Å²) in [5.41, 5.74) is 2.46. The number of nitrogens with zero attached hydrogens (tertiary/aromatic N) is 4. The minimum absolute atomic E-state index is 0.191. The largest absolute Gasteiger partial charge is 0.372 e. The van der Waals surface area contributed by atoms with Crippen molar-refractivity contribution < 1.29 is 4.79 Å². The highest BCUT2D eigenvalue weighted by Crippen LogP contribution is 2.22. The summed E-state index contributed by atoms with van der Waals surface area (Å²) in [6.07, 6.45) is 9.21. The number of nitrogens with one attached hydrogen (secondary N) is 1. The van der Waals surface area contributed by atoms with Crippen LogP contribution >= 0.6 is 0 Å². The lowest BCUT2D eigenvalue weighted by Crippen LogP contribution is -2.29. The summed E-state index contributed by atoms with van der Waals surface area (Å²) in [4.78, 5) is 25.5. The summed E-state index contributed by atoms with van der Waals surface area (Å²) < 4.78 is 0. The lowest BCUT2D eigenvalue weighted by atomic mass is 10.1. The molecule has 1 fully saturated rings. The van der Waals surface area contributed by atoms with E-state index in [1.807, 2.05) is 24.1 Å². The van der Waals surface area contributed by atoms with E-state index in [9.17, 15) is 4.79 Å². The average molecular weight is 367 g/mol. The van der Waals surface area contributed by atoms with Gasteiger partial charge in [-0.2, -0.15) is 0 Å². The Kier molecular flexibility index (Phi) is 6.63. The third-order valence-corrected chi connectivity index (χ3v) is 4.94. The van der Waals surface area contributed by atoms with Gasteiger partial charge in [0.1, 0.15) is 0 Å². The van der Waals surface area contributed by atoms with Gasteiger partial charge in [0.15, 0.2) is 0 Å². The number of benzene rings is 1. The first-order chi connectivity index (χ1) is 13.2. The number of hydrogen-bond donors (Lipinski definition) is 1. The van der Waals surface area contributed by atoms with Crippen LogP contribution in [0.25, 0.3) is 0 Å². The van der Waals surface area contributed by atoms with Gasteiger partial charge in [0.05, 0.1) is 5.56 Å². The molecule has 1 N–H and O–H groups in total. The van der Waals surface area contributed by atoms with Crippen LogP contribution in [0, 0.1) is 0 Å². The van der Waals surface area contributed by atoms with Gasteiger partial charge < -0.3 is 15.1 Å². The van der Waals surface area contributed by atoms with E-state index in [-0.39, 0.29) is 5.91 Å². The maximum Gasteiger partial charge on any atom is 0.258 e. The normalized spacial score (nSPS) is 14.1. The maximum atomic E-state index is 12.4. The first kappa shape index (κ1) is 19.1. The third kappa shape index (κ3) is 5.18. The molecule has 3 rings (SSSR count). The number of unbranched alkanes of at least 4 members (excludes halogenated alkanes) is 1. The van der Waals surface area contributed by atoms with Crippen LogP contribution in [-0.2, 0) is 0 Å². The molecule has 1 aliphatic rings. The zero-order chi connectivity index (χ0) is 19.1. The molecule has 0 saturated carbocycles. The van der Waals surface area contributed by atoms with Crippen molar-refractivity contribution in [1.82, 2.24) is 9.97 Å². The molecule has 2 aromatic rings. The van der Waals surface area contributed by atoms with Gasteiger partial charge >= 0.3 is 0 Å². The Morgan fingerprint density at radius 2 is 1.78 bits per heavy atom. The van der Waals surface area contributed by atoms with Gasteiger partial charge in [-0.25, -0.2) is 9.97 Å². The molecule has 1 aromatic carbocycles. The number of rotatable bonds is 7. The highest BCUT2D eigenvalue weighted by atomic mass is 16.1. The van der Waals surface area contributed by atoms with Crippen molar-refractivity contribution in [2.75, 3.05) is 41.8 Å². The summed E-state index contributed by atoms with van der Waals surface area (Å²) >= 11 is 0. The van der Waals surface area contributed by atoms with Gasteiger partial charge in [0.25, 0.3) is 5.91 Å². The number of aromatic nitrogens is 2. The fraction of sp³-hybridized carbons (Fsp3) is 0.476. The number of amides is 1. The molecule has 0 atom stereocenters. The lowest BCUT2D eigenvalue weighted by Gasteiger charge is -2.28. The van der Waals surface area contributed by atoms with Gasteiger partial charge in [-0.05, 0) is 49.9 Å². The van der Waals surface area contributed by atoms with Crippen molar-refractivity contribution >= 4 is 23.2 Å². The van der Waals surface area contributed by atoms with Gasteiger partial charge in [-0.15, -0.1) is 0 Å². The van der Waals surface area contributed by atoms with E-state index in [0.717, 1.165) is 38.2 Å². The van der Waals surface area contributed by atoms with Crippen LogP contribution in [0.5, 0.6) is 0 Å². The predicted molar refractivity (Wildman–Crippen MR) is 111 cm³/mol. The molecule has 1 aliphatic heterocycles. The van der Waals surface area contributed by atoms with Crippen molar-refractivity contribution in [3.8, 4) is 0 Å². The fourth-order valence-corrected chi connectivity index (χ4v) is 3.24. The monoisotopic (exact) mass is 367 g/mol. The molecule has 0 unspecified atom stereocenters. The molecule has 1 saturated heterocycles. The zero-order valence-electron chi connectivity index (χ0n) is 16.3. The zero-order valence-corrected chi connectivity index (χ0v) is 16.3. The molecule has 0 spiro atoms. The fourth-order valence-electron chi connectivity index (χ4n) is 3.24. The Morgan fingerprint density at radius 1 is 1.11 bits per heavy atom. The van der Waals surface area contributed by atoms with E-state index in [1.165, 1.54) is 24.9 Å². The van der Waals surface area contributed by atoms with E-state index >= 15 is 0 Å². The summed E-state index contributed by atoms with van der Waals surface area (Å²) in [5, 5.41) is 2.92. The molecule has 0 radical (unpaired) electrons. The van der Waals surface area contributed by atoms with Crippen molar-refractivity contribution in [2.45, 2.75) is 39.0 Å². The van der Waals surface area contributed by atoms with Gasteiger partial charge in [0, 0.05) is 50.5 Å². The molecule has 27 heavy (non-hydrogen) atoms. The maximum absolute atomic E-state index is 12.4. The second-order valence-electron chi connectivity index (χ2n) is 7.10. The number of anilines is 3. The van der Waals surface area contributed by atoms with Crippen molar-refractivity contribution in [3.63, 3.8) is 0 Å². The predicted octanol–water partition coefficient (Wildman–Crippen LogP) is 3.96. The topological polar surface area (TPSA) is 61.4 Å². The molecular formula is C21H29N5O. The molecular weight excluding hydrogens is 338 g/mol. The van der Waals surface area contributed by atoms with Crippen LogP contribution < -0.4 is 15.1 Å². The van der Waals surface area contributed by atoms with Crippen molar-refractivity contribution in [2.24, 2.45) is 0 Å². The lowest BCUT2D eigenvalue weighted by molar-refractivity contribution is 0.102. The molecule has 144 valence electrons. The third-order valence-electron chi connectivity index (χ3n) is 4.94. The first-order valence-electron chi connectivity index (χ1n) is 9.87. The van der Waals surface area contributed by atoms with E-state index < -0.39 is 0 Å². The average Bonchev–Trinajstić information content (AvgIpc) is 2.73. The molecule has 0 aliphatic carbocycles. The van der Waals surface area contributed by atoms with E-state index in [4.69, 9.17) is 0 Å². The number of piperidine rings is 1. The SMILES string of the molecule is CCCCN(C)c1ncc(C(=O)Nc2ccc(N3CCCCC3)cc2)cn1. The van der Waals surface area contributed by atoms with Crippen LogP contribution in [0.4, 0.5) is 17.3 Å². The molecule has 6 nitrogen and oxygen atoms in total. The van der Waals surface area contributed by atoms with E-state index in [1.54, 1.807) is 12.4 Å². The first-order valence-corrected chi connectivity index (χ1v) is 9.87. The minimum Gasteiger partial charge on any atom is -0.372 e. The van der Waals surface area contributed by atoms with Crippen LogP contribution in [0.1, 0.15) is 49.4 Å². The number of hydrogen-bond acceptors (Lipinski definition) is 5. The quantitative estimate of drug-likeness (QED) is 0.803. The summed E-state index contributed by atoms with van der Waals surface area (Å²) in [6.45, 7) is 5.29. The molecule has 6 heteroatoms. The highest BCUT2D eigenvalue weighted by molar-refractivity contribution is 6.03. The van der Waals surface area contributed by atoms with Crippen LogP contribution in [0.15, 0.2) is 36.7 Å². The Balaban J connectivity index is 1.58. The van der Waals surface area contributed by atoms with Crippen molar-refractivity contribution in [1.29, 1.82) is 0 Å². The second-order valence-corrected chi connectivity index (χ2v) is 7.10. The Labute approximate surface area is 161 Å². The summed E-state index contributed by atoms with van der Waals surface area (Å²) in [5.74, 6) is 0.453. The van der Waals surface area contributed by atoms with Crippen molar-refractivity contribution in [3.05, 3.63) is 42.2 Å². The molecule has 1 amide bonds. The smallest absolute Gasteiger partial charge is 0.258 e. The minimum atomic E-state index is -0.191. The second kappa shape index (κ2) is 9.35. The Bertz CT molecular complexity index is 723. The summed E-state index contributed by atoms with van der Waals surface area (Å²) in [6, 6.07) is 8.05. The van der Waals surface area contributed by atoms with Gasteiger partial charge in [-0.1, -0.05) is 13.3 Å². The van der Waals surface area contributed by atoms with Gasteiger partial charge in [-0.3, -0.25) is 4.79 Å². The van der Waals surface area contributed by atoms with Crippen LogP contribution in [0.2, 0.25) is 0 Å². The van der Waals surface area contributed by atoms with E-state index in [2.05, 4.69) is 39.2 Å². The number of carbonyl (C=O) groups is 1.